The molecule has 7 nitrogen and oxygen atoms in total. The van der Waals surface area contributed by atoms with Crippen molar-refractivity contribution in [2.24, 2.45) is 10.7 Å². The van der Waals surface area contributed by atoms with Crippen molar-refractivity contribution >= 4 is 21.8 Å². The monoisotopic (exact) mass is 310 g/mol. The summed E-state index contributed by atoms with van der Waals surface area (Å²) < 4.78 is 26.2. The molecule has 1 aliphatic rings. The number of amidine groups is 1. The maximum Gasteiger partial charge on any atom is 0.263 e. The number of fused-ring (bicyclic) bond motifs is 1. The van der Waals surface area contributed by atoms with Gasteiger partial charge in [0.05, 0.1) is 4.90 Å². The summed E-state index contributed by atoms with van der Waals surface area (Å²) in [5.41, 5.74) is 5.92. The number of nitrogens with two attached hydrogens (primary N) is 1. The van der Waals surface area contributed by atoms with Crippen LogP contribution in [-0.2, 0) is 14.8 Å². The van der Waals surface area contributed by atoms with Gasteiger partial charge in [-0.1, -0.05) is 12.1 Å². The van der Waals surface area contributed by atoms with Gasteiger partial charge in [-0.3, -0.25) is 14.5 Å². The van der Waals surface area contributed by atoms with E-state index in [1.165, 1.54) is 6.07 Å². The number of nitrogens with one attached hydrogen (secondary N) is 2. The molecule has 1 heterocycles. The van der Waals surface area contributed by atoms with Gasteiger partial charge < -0.3 is 11.1 Å². The van der Waals surface area contributed by atoms with Gasteiger partial charge in [0.1, 0.15) is 11.9 Å². The first kappa shape index (κ1) is 15.5. The summed E-state index contributed by atoms with van der Waals surface area (Å²) in [6, 6.07) is 5.63. The number of carbonyl (C=O) groups excluding carboxylic acids is 1. The van der Waals surface area contributed by atoms with E-state index in [1.54, 1.807) is 32.0 Å². The highest BCUT2D eigenvalue weighted by atomic mass is 32.2. The van der Waals surface area contributed by atoms with Crippen LogP contribution in [0.2, 0.25) is 0 Å². The van der Waals surface area contributed by atoms with E-state index in [9.17, 15) is 13.2 Å². The van der Waals surface area contributed by atoms with Gasteiger partial charge in [-0.25, -0.2) is 8.42 Å². The molecule has 114 valence electrons. The molecule has 0 spiro atoms. The van der Waals surface area contributed by atoms with Crippen molar-refractivity contribution < 1.29 is 13.2 Å². The molecule has 0 radical (unpaired) electrons. The van der Waals surface area contributed by atoms with E-state index < -0.39 is 16.1 Å². The van der Waals surface area contributed by atoms with Gasteiger partial charge >= 0.3 is 0 Å². The van der Waals surface area contributed by atoms with E-state index in [4.69, 9.17) is 5.73 Å². The summed E-state index contributed by atoms with van der Waals surface area (Å²) in [5, 5.41) is 2.70. The molecular formula is C13H18N4O3S. The fourth-order valence-electron chi connectivity index (χ4n) is 1.90. The van der Waals surface area contributed by atoms with Gasteiger partial charge in [0.25, 0.3) is 10.0 Å². The SMILES string of the molecule is CC(N=C1NS(=O)(=O)c2ccccc21)C(=O)N[C@@H](C)CN. The lowest BCUT2D eigenvalue weighted by Crippen LogP contribution is -2.42. The Morgan fingerprint density at radius 3 is 2.71 bits per heavy atom. The molecule has 1 aromatic rings. The van der Waals surface area contributed by atoms with Gasteiger partial charge in [0, 0.05) is 18.2 Å². The molecule has 0 saturated heterocycles. The molecule has 0 aliphatic carbocycles. The molecule has 1 aromatic carbocycles. The van der Waals surface area contributed by atoms with Crippen molar-refractivity contribution in [1.29, 1.82) is 0 Å². The molecule has 1 amide bonds. The van der Waals surface area contributed by atoms with Crippen molar-refractivity contribution in [3.05, 3.63) is 29.8 Å². The van der Waals surface area contributed by atoms with Crippen LogP contribution in [0.3, 0.4) is 0 Å². The number of carbonyl (C=O) groups is 1. The first-order valence-corrected chi connectivity index (χ1v) is 8.04. The molecule has 1 unspecified atom stereocenters. The van der Waals surface area contributed by atoms with E-state index in [2.05, 4.69) is 15.0 Å². The maximum atomic E-state index is 11.9. The molecule has 2 atom stereocenters. The number of sulfonamides is 1. The highest BCUT2D eigenvalue weighted by Gasteiger charge is 2.31. The fraction of sp³-hybridized carbons (Fsp3) is 0.385. The second-order valence-corrected chi connectivity index (χ2v) is 6.55. The van der Waals surface area contributed by atoms with Crippen molar-refractivity contribution in [2.75, 3.05) is 6.54 Å². The Morgan fingerprint density at radius 2 is 2.05 bits per heavy atom. The summed E-state index contributed by atoms with van der Waals surface area (Å²) in [7, 11) is -3.59. The third kappa shape index (κ3) is 3.22. The van der Waals surface area contributed by atoms with Gasteiger partial charge in [0.2, 0.25) is 5.91 Å². The second-order valence-electron chi connectivity index (χ2n) is 4.90. The Balaban J connectivity index is 2.25. The molecule has 1 aliphatic heterocycles. The average Bonchev–Trinajstić information content (AvgIpc) is 2.70. The highest BCUT2D eigenvalue weighted by Crippen LogP contribution is 2.22. The number of aliphatic imine (C=N–C) groups is 1. The summed E-state index contributed by atoms with van der Waals surface area (Å²) in [4.78, 5) is 16.3. The smallest absolute Gasteiger partial charge is 0.263 e. The molecule has 2 rings (SSSR count). The summed E-state index contributed by atoms with van der Waals surface area (Å²) in [6.45, 7) is 3.70. The minimum absolute atomic E-state index is 0.160. The first-order chi connectivity index (χ1) is 9.85. The number of nitrogens with zero attached hydrogens (tertiary/aromatic N) is 1. The van der Waals surface area contributed by atoms with Crippen LogP contribution in [0.15, 0.2) is 34.2 Å². The summed E-state index contributed by atoms with van der Waals surface area (Å²) >= 11 is 0. The summed E-state index contributed by atoms with van der Waals surface area (Å²) in [5.74, 6) is -0.113. The number of benzene rings is 1. The van der Waals surface area contributed by atoms with E-state index >= 15 is 0 Å². The van der Waals surface area contributed by atoms with Crippen molar-refractivity contribution in [2.45, 2.75) is 30.8 Å². The van der Waals surface area contributed by atoms with Crippen molar-refractivity contribution in [1.82, 2.24) is 10.0 Å². The van der Waals surface area contributed by atoms with Gasteiger partial charge in [0.15, 0.2) is 0 Å². The second kappa shape index (κ2) is 5.82. The van der Waals surface area contributed by atoms with Gasteiger partial charge in [-0.2, -0.15) is 0 Å². The minimum atomic E-state index is -3.59. The van der Waals surface area contributed by atoms with E-state index in [0.717, 1.165) is 0 Å². The topological polar surface area (TPSA) is 114 Å². The number of amides is 1. The average molecular weight is 310 g/mol. The minimum Gasteiger partial charge on any atom is -0.351 e. The molecule has 0 saturated carbocycles. The number of hydrogen-bond acceptors (Lipinski definition) is 5. The molecular weight excluding hydrogens is 292 g/mol. The highest BCUT2D eigenvalue weighted by molar-refractivity contribution is 7.90. The van der Waals surface area contributed by atoms with Crippen LogP contribution in [0.4, 0.5) is 0 Å². The fourth-order valence-corrected chi connectivity index (χ4v) is 3.14. The predicted octanol–water partition coefficient (Wildman–Crippen LogP) is -0.423. The lowest BCUT2D eigenvalue weighted by Gasteiger charge is -2.14. The van der Waals surface area contributed by atoms with Gasteiger partial charge in [-0.05, 0) is 26.0 Å². The van der Waals surface area contributed by atoms with Crippen LogP contribution in [0.5, 0.6) is 0 Å². The predicted molar refractivity (Wildman–Crippen MR) is 79.4 cm³/mol. The Morgan fingerprint density at radius 1 is 1.38 bits per heavy atom. The molecule has 21 heavy (non-hydrogen) atoms. The number of rotatable bonds is 4. The Bertz CT molecular complexity index is 684. The third-order valence-electron chi connectivity index (χ3n) is 3.11. The lowest BCUT2D eigenvalue weighted by molar-refractivity contribution is -0.122. The normalized spacial score (nSPS) is 20.4. The zero-order valence-corrected chi connectivity index (χ0v) is 12.6. The van der Waals surface area contributed by atoms with E-state index in [1.807, 2.05) is 0 Å². The zero-order valence-electron chi connectivity index (χ0n) is 11.8. The maximum absolute atomic E-state index is 11.9. The van der Waals surface area contributed by atoms with E-state index in [0.29, 0.717) is 12.1 Å². The number of hydrogen-bond donors (Lipinski definition) is 3. The van der Waals surface area contributed by atoms with Crippen molar-refractivity contribution in [3.63, 3.8) is 0 Å². The Kier molecular flexibility index (Phi) is 4.29. The Hall–Kier alpha value is -1.93. The van der Waals surface area contributed by atoms with Crippen LogP contribution in [0.25, 0.3) is 0 Å². The Labute approximate surface area is 123 Å². The lowest BCUT2D eigenvalue weighted by atomic mass is 10.2. The summed E-state index contributed by atoms with van der Waals surface area (Å²) in [6.07, 6.45) is 0. The third-order valence-corrected chi connectivity index (χ3v) is 4.50. The standard InChI is InChI=1S/C13H18N4O3S/c1-8(7-14)15-13(18)9(2)16-12-10-5-3-4-6-11(10)21(19,20)17-12/h3-6,8-9H,7,14H2,1-2H3,(H,15,18)(H,16,17)/t8-,9?/m0/s1. The molecule has 0 fully saturated rings. The van der Waals surface area contributed by atoms with Crippen LogP contribution >= 0.6 is 0 Å². The zero-order chi connectivity index (χ0) is 15.6. The molecule has 0 bridgehead atoms. The van der Waals surface area contributed by atoms with Crippen molar-refractivity contribution in [3.8, 4) is 0 Å². The first-order valence-electron chi connectivity index (χ1n) is 6.55. The van der Waals surface area contributed by atoms with Crippen LogP contribution in [0.1, 0.15) is 19.4 Å². The van der Waals surface area contributed by atoms with Gasteiger partial charge in [-0.15, -0.1) is 0 Å². The molecule has 8 heteroatoms. The largest absolute Gasteiger partial charge is 0.351 e. The van der Waals surface area contributed by atoms with Crippen LogP contribution in [0, 0.1) is 0 Å². The van der Waals surface area contributed by atoms with E-state index in [-0.39, 0.29) is 22.7 Å². The molecule has 0 aromatic heterocycles. The molecule has 4 N–H and O–H groups in total. The van der Waals surface area contributed by atoms with Crippen LogP contribution < -0.4 is 15.8 Å². The van der Waals surface area contributed by atoms with Crippen LogP contribution in [-0.4, -0.2) is 38.8 Å². The quantitative estimate of drug-likeness (QED) is 0.700.